The number of rotatable bonds is 1. The van der Waals surface area contributed by atoms with Crippen molar-refractivity contribution in [1.82, 2.24) is 4.98 Å². The maximum Gasteiger partial charge on any atom is 0.411 e. The van der Waals surface area contributed by atoms with E-state index >= 15 is 0 Å². The number of aromatic nitrogens is 1. The fraction of sp³-hybridized carbons (Fsp3) is 0.308. The zero-order chi connectivity index (χ0) is 13.7. The summed E-state index contributed by atoms with van der Waals surface area (Å²) in [5, 5.41) is 29.5. The van der Waals surface area contributed by atoms with Gasteiger partial charge in [0, 0.05) is 30.1 Å². The summed E-state index contributed by atoms with van der Waals surface area (Å²) in [5.74, 6) is -0.240. The van der Waals surface area contributed by atoms with Crippen molar-refractivity contribution in [2.75, 3.05) is 18.1 Å². The number of aromatic amines is 1. The number of hydrogen-bond acceptors (Lipinski definition) is 3. The average molecular weight is 262 g/mol. The van der Waals surface area contributed by atoms with Crippen LogP contribution in [0.25, 0.3) is 10.9 Å². The fourth-order valence-corrected chi connectivity index (χ4v) is 2.86. The summed E-state index contributed by atoms with van der Waals surface area (Å²) in [6.07, 6.45) is 0.687. The van der Waals surface area contributed by atoms with Crippen molar-refractivity contribution in [2.45, 2.75) is 12.8 Å². The molecule has 1 aliphatic heterocycles. The van der Waals surface area contributed by atoms with Crippen molar-refractivity contribution >= 4 is 22.7 Å². The number of H-pyrrole nitrogens is 1. The topological polar surface area (TPSA) is 96.8 Å². The number of carbonyl (C=O) groups is 1. The largest absolute Gasteiger partial charge is 0.506 e. The second-order valence-electron chi connectivity index (χ2n) is 4.82. The van der Waals surface area contributed by atoms with Crippen molar-refractivity contribution in [2.24, 2.45) is 0 Å². The lowest BCUT2D eigenvalue weighted by atomic mass is 9.96. The van der Waals surface area contributed by atoms with Crippen LogP contribution >= 0.6 is 0 Å². The molecule has 0 spiro atoms. The van der Waals surface area contributed by atoms with Crippen LogP contribution in [0, 0.1) is 6.92 Å². The number of aryl methyl sites for hydroxylation is 1. The van der Waals surface area contributed by atoms with Crippen molar-refractivity contribution in [3.05, 3.63) is 23.4 Å². The van der Waals surface area contributed by atoms with Crippen LogP contribution in [0.2, 0.25) is 0 Å². The molecule has 0 radical (unpaired) electrons. The standard InChI is InChI=1S/C13H14N2O4/c1-6-3-14-12-9(17)2-8-11(10(6)12)7(5-16)4-15(8)13(18)19/h2-3,7,14,16-17H,4-5H2,1H3,(H,18,19). The normalized spacial score (nSPS) is 18.0. The Morgan fingerprint density at radius 3 is 2.95 bits per heavy atom. The predicted octanol–water partition coefficient (Wildman–Crippen LogP) is 1.76. The van der Waals surface area contributed by atoms with Crippen LogP contribution < -0.4 is 4.90 Å². The average Bonchev–Trinajstić information content (AvgIpc) is 2.90. The van der Waals surface area contributed by atoms with E-state index < -0.39 is 6.09 Å². The Labute approximate surface area is 108 Å². The SMILES string of the molecule is Cc1c[nH]c2c(O)cc3c(c12)C(CO)CN3C(=O)O. The van der Waals surface area contributed by atoms with Gasteiger partial charge in [-0.2, -0.15) is 0 Å². The van der Waals surface area contributed by atoms with Crippen molar-refractivity contribution < 1.29 is 20.1 Å². The lowest BCUT2D eigenvalue weighted by molar-refractivity contribution is 0.201. The van der Waals surface area contributed by atoms with Gasteiger partial charge in [-0.05, 0) is 18.1 Å². The second kappa shape index (κ2) is 3.89. The van der Waals surface area contributed by atoms with Crippen molar-refractivity contribution in [3.8, 4) is 5.75 Å². The Hall–Kier alpha value is -2.21. The van der Waals surface area contributed by atoms with E-state index in [4.69, 9.17) is 0 Å². The minimum Gasteiger partial charge on any atom is -0.506 e. The van der Waals surface area contributed by atoms with Crippen LogP contribution in [0.3, 0.4) is 0 Å². The molecule has 0 saturated heterocycles. The van der Waals surface area contributed by atoms with E-state index in [0.717, 1.165) is 16.5 Å². The Morgan fingerprint density at radius 2 is 2.32 bits per heavy atom. The molecule has 0 bridgehead atoms. The maximum absolute atomic E-state index is 11.3. The van der Waals surface area contributed by atoms with E-state index in [0.29, 0.717) is 11.2 Å². The first-order valence-electron chi connectivity index (χ1n) is 5.99. The molecule has 6 heteroatoms. The summed E-state index contributed by atoms with van der Waals surface area (Å²) in [6, 6.07) is 1.44. The Morgan fingerprint density at radius 1 is 1.58 bits per heavy atom. The monoisotopic (exact) mass is 262 g/mol. The summed E-state index contributed by atoms with van der Waals surface area (Å²) in [5.41, 5.74) is 2.76. The third kappa shape index (κ3) is 1.50. The molecular weight excluding hydrogens is 248 g/mol. The van der Waals surface area contributed by atoms with Gasteiger partial charge in [0.1, 0.15) is 5.75 Å². The lowest BCUT2D eigenvalue weighted by Gasteiger charge is -2.13. The van der Waals surface area contributed by atoms with Crippen molar-refractivity contribution in [3.63, 3.8) is 0 Å². The highest BCUT2D eigenvalue weighted by Crippen LogP contribution is 2.45. The highest BCUT2D eigenvalue weighted by Gasteiger charge is 2.35. The molecule has 4 N–H and O–H groups in total. The minimum atomic E-state index is -1.08. The number of aliphatic hydroxyl groups is 1. The molecule has 3 rings (SSSR count). The van der Waals surface area contributed by atoms with Crippen LogP contribution in [0.4, 0.5) is 10.5 Å². The van der Waals surface area contributed by atoms with E-state index in [1.807, 2.05) is 6.92 Å². The first-order chi connectivity index (χ1) is 9.04. The zero-order valence-electron chi connectivity index (χ0n) is 10.3. The van der Waals surface area contributed by atoms with Gasteiger partial charge in [0.2, 0.25) is 0 Å². The molecule has 2 aromatic rings. The molecular formula is C13H14N2O4. The molecule has 6 nitrogen and oxygen atoms in total. The van der Waals surface area contributed by atoms with Gasteiger partial charge in [-0.1, -0.05) is 0 Å². The van der Waals surface area contributed by atoms with E-state index in [1.54, 1.807) is 6.20 Å². The molecule has 100 valence electrons. The predicted molar refractivity (Wildman–Crippen MR) is 69.9 cm³/mol. The first kappa shape index (κ1) is 11.9. The third-order valence-corrected chi connectivity index (χ3v) is 3.71. The molecule has 1 aromatic heterocycles. The van der Waals surface area contributed by atoms with Crippen LogP contribution in [0.15, 0.2) is 12.3 Å². The van der Waals surface area contributed by atoms with Gasteiger partial charge >= 0.3 is 6.09 Å². The van der Waals surface area contributed by atoms with E-state index in [-0.39, 0.29) is 24.8 Å². The number of fused-ring (bicyclic) bond motifs is 3. The Balaban J connectivity index is 2.37. The molecule has 1 atom stereocenters. The number of carboxylic acid groups (broad SMARTS) is 1. The van der Waals surface area contributed by atoms with Gasteiger partial charge in [-0.15, -0.1) is 0 Å². The fourth-order valence-electron chi connectivity index (χ4n) is 2.86. The molecule has 1 amide bonds. The summed E-state index contributed by atoms with van der Waals surface area (Å²) in [4.78, 5) is 15.4. The van der Waals surface area contributed by atoms with Gasteiger partial charge in [0.15, 0.2) is 0 Å². The number of aromatic hydroxyl groups is 1. The minimum absolute atomic E-state index is 0.0201. The van der Waals surface area contributed by atoms with Crippen LogP contribution in [-0.2, 0) is 0 Å². The molecule has 0 saturated carbocycles. The zero-order valence-corrected chi connectivity index (χ0v) is 10.3. The highest BCUT2D eigenvalue weighted by atomic mass is 16.4. The number of aliphatic hydroxyl groups excluding tert-OH is 1. The summed E-state index contributed by atoms with van der Waals surface area (Å²) >= 11 is 0. The summed E-state index contributed by atoms with van der Waals surface area (Å²) in [6.45, 7) is 1.97. The van der Waals surface area contributed by atoms with Crippen LogP contribution in [0.5, 0.6) is 5.75 Å². The molecule has 1 aromatic carbocycles. The lowest BCUT2D eigenvalue weighted by Crippen LogP contribution is -2.28. The number of anilines is 1. The molecule has 19 heavy (non-hydrogen) atoms. The molecule has 1 aliphatic rings. The molecule has 0 fully saturated rings. The summed E-state index contributed by atoms with van der Waals surface area (Å²) < 4.78 is 0. The van der Waals surface area contributed by atoms with Crippen LogP contribution in [0.1, 0.15) is 17.0 Å². The van der Waals surface area contributed by atoms with Gasteiger partial charge < -0.3 is 20.3 Å². The third-order valence-electron chi connectivity index (χ3n) is 3.71. The smallest absolute Gasteiger partial charge is 0.411 e. The number of phenols is 1. The second-order valence-corrected chi connectivity index (χ2v) is 4.82. The number of nitrogens with one attached hydrogen (secondary N) is 1. The summed E-state index contributed by atoms with van der Waals surface area (Å²) in [7, 11) is 0. The number of phenolic OH excluding ortho intramolecular Hbond substituents is 1. The number of benzene rings is 1. The Kier molecular flexibility index (Phi) is 2.43. The van der Waals surface area contributed by atoms with Gasteiger partial charge in [-0.25, -0.2) is 4.79 Å². The first-order valence-corrected chi connectivity index (χ1v) is 5.99. The molecule has 1 unspecified atom stereocenters. The number of hydrogen-bond donors (Lipinski definition) is 4. The number of amides is 1. The highest BCUT2D eigenvalue weighted by molar-refractivity contribution is 6.01. The van der Waals surface area contributed by atoms with Crippen molar-refractivity contribution in [1.29, 1.82) is 0 Å². The Bertz CT molecular complexity index is 677. The number of nitrogens with zero attached hydrogens (tertiary/aromatic N) is 1. The van der Waals surface area contributed by atoms with Gasteiger partial charge in [0.25, 0.3) is 0 Å². The van der Waals surface area contributed by atoms with E-state index in [9.17, 15) is 20.1 Å². The van der Waals surface area contributed by atoms with Gasteiger partial charge in [-0.3, -0.25) is 4.90 Å². The van der Waals surface area contributed by atoms with E-state index in [1.165, 1.54) is 11.0 Å². The molecule has 0 aliphatic carbocycles. The molecule has 2 heterocycles. The van der Waals surface area contributed by atoms with Gasteiger partial charge in [0.05, 0.1) is 17.8 Å². The quantitative estimate of drug-likeness (QED) is 0.629. The van der Waals surface area contributed by atoms with E-state index in [2.05, 4.69) is 4.98 Å². The van der Waals surface area contributed by atoms with Crippen LogP contribution in [-0.4, -0.2) is 39.5 Å². The maximum atomic E-state index is 11.3.